The second-order valence-corrected chi connectivity index (χ2v) is 5.55. The normalized spacial score (nSPS) is 21.9. The van der Waals surface area contributed by atoms with E-state index in [0.717, 1.165) is 12.5 Å². The van der Waals surface area contributed by atoms with Crippen molar-refractivity contribution in [1.29, 1.82) is 0 Å². The summed E-state index contributed by atoms with van der Waals surface area (Å²) in [4.78, 5) is 13.7. The van der Waals surface area contributed by atoms with Gasteiger partial charge in [-0.3, -0.25) is 4.79 Å². The van der Waals surface area contributed by atoms with Crippen LogP contribution in [0.15, 0.2) is 12.1 Å². The smallest absolute Gasteiger partial charge is 0.223 e. The first-order valence-electron chi connectivity index (χ1n) is 6.81. The first-order valence-corrected chi connectivity index (χ1v) is 6.81. The number of ether oxygens (including phenoxy) is 1. The Kier molecular flexibility index (Phi) is 4.56. The zero-order chi connectivity index (χ0) is 15.6. The molecule has 0 saturated carbocycles. The van der Waals surface area contributed by atoms with Crippen LogP contribution in [0.3, 0.4) is 0 Å². The maximum atomic E-state index is 13.5. The highest BCUT2D eigenvalue weighted by Crippen LogP contribution is 2.25. The molecule has 1 aromatic carbocycles. The number of rotatable bonds is 4. The van der Waals surface area contributed by atoms with E-state index in [1.165, 1.54) is 6.07 Å². The van der Waals surface area contributed by atoms with Crippen molar-refractivity contribution in [3.8, 4) is 0 Å². The lowest BCUT2D eigenvalue weighted by molar-refractivity contribution is -0.131. The average molecular weight is 301 g/mol. The molecular weight excluding hydrogens is 283 g/mol. The van der Waals surface area contributed by atoms with E-state index in [2.05, 4.69) is 0 Å². The highest BCUT2D eigenvalue weighted by molar-refractivity contribution is 5.76. The Hall–Kier alpha value is -1.56. The molecule has 0 N–H and O–H groups in total. The predicted molar refractivity (Wildman–Crippen MR) is 71.2 cm³/mol. The molecule has 116 valence electrons. The van der Waals surface area contributed by atoms with Crippen LogP contribution < -0.4 is 0 Å². The van der Waals surface area contributed by atoms with Gasteiger partial charge >= 0.3 is 0 Å². The molecule has 0 aromatic heterocycles. The van der Waals surface area contributed by atoms with Gasteiger partial charge in [-0.25, -0.2) is 13.2 Å². The van der Waals surface area contributed by atoms with Crippen molar-refractivity contribution in [3.05, 3.63) is 35.1 Å². The third kappa shape index (κ3) is 3.37. The van der Waals surface area contributed by atoms with E-state index in [9.17, 15) is 18.0 Å². The summed E-state index contributed by atoms with van der Waals surface area (Å²) < 4.78 is 44.8. The minimum atomic E-state index is -1.49. The largest absolute Gasteiger partial charge is 0.377 e. The number of carbonyl (C=O) groups is 1. The van der Waals surface area contributed by atoms with Crippen molar-refractivity contribution in [2.45, 2.75) is 31.8 Å². The quantitative estimate of drug-likeness (QED) is 0.800. The summed E-state index contributed by atoms with van der Waals surface area (Å²) in [6, 6.07) is 2.04. The van der Waals surface area contributed by atoms with Gasteiger partial charge in [0.05, 0.1) is 5.60 Å². The molecule has 1 fully saturated rings. The monoisotopic (exact) mass is 301 g/mol. The van der Waals surface area contributed by atoms with Crippen LogP contribution in [0.25, 0.3) is 0 Å². The summed E-state index contributed by atoms with van der Waals surface area (Å²) in [6.07, 6.45) is 0.846. The molecule has 1 saturated heterocycles. The van der Waals surface area contributed by atoms with E-state index >= 15 is 0 Å². The first kappa shape index (κ1) is 15.8. The topological polar surface area (TPSA) is 29.5 Å². The van der Waals surface area contributed by atoms with Crippen molar-refractivity contribution in [1.82, 2.24) is 4.90 Å². The molecule has 1 aliphatic heterocycles. The van der Waals surface area contributed by atoms with E-state index < -0.39 is 17.5 Å². The molecule has 1 heterocycles. The maximum absolute atomic E-state index is 13.5. The van der Waals surface area contributed by atoms with Gasteiger partial charge in [0, 0.05) is 26.6 Å². The fourth-order valence-electron chi connectivity index (χ4n) is 2.47. The Balaban J connectivity index is 1.95. The predicted octanol–water partition coefficient (Wildman–Crippen LogP) is 2.67. The standard InChI is InChI=1S/C15H18F3NO2/c1-15(21-2)7-8-19(9-15)12(20)6-4-10-3-5-11(16)14(18)13(10)17/h3,5H,4,6-9H2,1-2H3. The van der Waals surface area contributed by atoms with Gasteiger partial charge in [-0.2, -0.15) is 0 Å². The second-order valence-electron chi connectivity index (χ2n) is 5.55. The minimum Gasteiger partial charge on any atom is -0.377 e. The van der Waals surface area contributed by atoms with Gasteiger partial charge in [0.25, 0.3) is 0 Å². The Morgan fingerprint density at radius 3 is 2.67 bits per heavy atom. The molecule has 21 heavy (non-hydrogen) atoms. The number of carbonyl (C=O) groups excluding carboxylic acids is 1. The second kappa shape index (κ2) is 6.05. The van der Waals surface area contributed by atoms with Crippen LogP contribution >= 0.6 is 0 Å². The van der Waals surface area contributed by atoms with Crippen molar-refractivity contribution >= 4 is 5.91 Å². The van der Waals surface area contributed by atoms with E-state index in [1.54, 1.807) is 12.0 Å². The number of aryl methyl sites for hydroxylation is 1. The van der Waals surface area contributed by atoms with Crippen molar-refractivity contribution in [3.63, 3.8) is 0 Å². The van der Waals surface area contributed by atoms with Crippen LogP contribution in [-0.4, -0.2) is 36.6 Å². The van der Waals surface area contributed by atoms with Crippen LogP contribution in [0.4, 0.5) is 13.2 Å². The fraction of sp³-hybridized carbons (Fsp3) is 0.533. The number of methoxy groups -OCH3 is 1. The third-order valence-corrected chi connectivity index (χ3v) is 4.00. The molecule has 2 rings (SSSR count). The fourth-order valence-corrected chi connectivity index (χ4v) is 2.47. The van der Waals surface area contributed by atoms with Crippen molar-refractivity contribution in [2.75, 3.05) is 20.2 Å². The Morgan fingerprint density at radius 1 is 1.33 bits per heavy atom. The van der Waals surface area contributed by atoms with E-state index in [4.69, 9.17) is 4.74 Å². The number of hydrogen-bond donors (Lipinski definition) is 0. The summed E-state index contributed by atoms with van der Waals surface area (Å²) in [5, 5.41) is 0. The molecule has 0 aliphatic carbocycles. The van der Waals surface area contributed by atoms with Crippen LogP contribution in [0.1, 0.15) is 25.3 Å². The molecule has 0 spiro atoms. The summed E-state index contributed by atoms with van der Waals surface area (Å²) >= 11 is 0. The van der Waals surface area contributed by atoms with Crippen LogP contribution in [0.2, 0.25) is 0 Å². The number of hydrogen-bond acceptors (Lipinski definition) is 2. The highest BCUT2D eigenvalue weighted by Gasteiger charge is 2.35. The molecule has 0 bridgehead atoms. The average Bonchev–Trinajstić information content (AvgIpc) is 2.87. The first-order chi connectivity index (χ1) is 9.86. The molecule has 1 aliphatic rings. The summed E-state index contributed by atoms with van der Waals surface area (Å²) in [6.45, 7) is 3.00. The van der Waals surface area contributed by atoms with Gasteiger partial charge in [0.15, 0.2) is 17.5 Å². The molecular formula is C15H18F3NO2. The molecule has 1 aromatic rings. The van der Waals surface area contributed by atoms with Crippen LogP contribution in [0.5, 0.6) is 0 Å². The molecule has 1 atom stereocenters. The summed E-state index contributed by atoms with van der Waals surface area (Å²) in [7, 11) is 1.60. The van der Waals surface area contributed by atoms with Gasteiger partial charge < -0.3 is 9.64 Å². The lowest BCUT2D eigenvalue weighted by Crippen LogP contribution is -2.35. The molecule has 1 unspecified atom stereocenters. The highest BCUT2D eigenvalue weighted by atomic mass is 19.2. The number of benzene rings is 1. The van der Waals surface area contributed by atoms with Crippen LogP contribution in [-0.2, 0) is 16.0 Å². The van der Waals surface area contributed by atoms with E-state index in [1.807, 2.05) is 6.92 Å². The van der Waals surface area contributed by atoms with E-state index in [-0.39, 0.29) is 29.9 Å². The molecule has 3 nitrogen and oxygen atoms in total. The minimum absolute atomic E-state index is 0.0101. The SMILES string of the molecule is COC1(C)CCN(C(=O)CCc2ccc(F)c(F)c2F)C1. The van der Waals surface area contributed by atoms with Gasteiger partial charge in [0.1, 0.15) is 0 Å². The van der Waals surface area contributed by atoms with E-state index in [0.29, 0.717) is 13.1 Å². The number of likely N-dealkylation sites (tertiary alicyclic amines) is 1. The number of amides is 1. The Morgan fingerprint density at radius 2 is 2.05 bits per heavy atom. The maximum Gasteiger partial charge on any atom is 0.223 e. The summed E-state index contributed by atoms with van der Waals surface area (Å²) in [5.74, 6) is -4.07. The molecule has 0 radical (unpaired) electrons. The molecule has 6 heteroatoms. The Bertz CT molecular complexity index is 550. The van der Waals surface area contributed by atoms with Gasteiger partial charge in [-0.05, 0) is 31.4 Å². The molecule has 1 amide bonds. The lowest BCUT2D eigenvalue weighted by atomic mass is 10.1. The Labute approximate surface area is 121 Å². The van der Waals surface area contributed by atoms with Gasteiger partial charge in [-0.15, -0.1) is 0 Å². The van der Waals surface area contributed by atoms with Crippen molar-refractivity contribution in [2.24, 2.45) is 0 Å². The third-order valence-electron chi connectivity index (χ3n) is 4.00. The zero-order valence-electron chi connectivity index (χ0n) is 12.1. The van der Waals surface area contributed by atoms with Gasteiger partial charge in [-0.1, -0.05) is 6.07 Å². The summed E-state index contributed by atoms with van der Waals surface area (Å²) in [5.41, 5.74) is -0.334. The lowest BCUT2D eigenvalue weighted by Gasteiger charge is -2.23. The van der Waals surface area contributed by atoms with Gasteiger partial charge in [0.2, 0.25) is 5.91 Å². The van der Waals surface area contributed by atoms with Crippen molar-refractivity contribution < 1.29 is 22.7 Å². The number of nitrogens with zero attached hydrogens (tertiary/aromatic N) is 1. The zero-order valence-corrected chi connectivity index (χ0v) is 12.1. The van der Waals surface area contributed by atoms with Crippen LogP contribution in [0, 0.1) is 17.5 Å². The number of halogens is 3.